The zero-order chi connectivity index (χ0) is 7.44. The summed E-state index contributed by atoms with van der Waals surface area (Å²) in [5.74, 6) is 0.375. The minimum atomic E-state index is -0.329. The van der Waals surface area contributed by atoms with Crippen LogP contribution in [0, 0.1) is 5.92 Å². The van der Waals surface area contributed by atoms with Gasteiger partial charge in [0.05, 0.1) is 6.10 Å². The Morgan fingerprint density at radius 3 is 2.00 bits per heavy atom. The third-order valence-corrected chi connectivity index (χ3v) is 1.63. The van der Waals surface area contributed by atoms with E-state index in [1.165, 1.54) is 0 Å². The fourth-order valence-corrected chi connectivity index (χ4v) is 0.716. The molecular weight excluding hydrogens is 114 g/mol. The molecule has 56 valence electrons. The second kappa shape index (κ2) is 3.85. The Bertz CT molecular complexity index is 73.3. The first kappa shape index (κ1) is 8.92. The van der Waals surface area contributed by atoms with E-state index in [0.717, 1.165) is 6.42 Å². The number of aliphatic hydroxyl groups excluding tert-OH is 1. The lowest BCUT2D eigenvalue weighted by molar-refractivity contribution is 0.121. The van der Waals surface area contributed by atoms with Crippen LogP contribution in [0.25, 0.3) is 0 Å². The summed E-state index contributed by atoms with van der Waals surface area (Å²) in [6.07, 6.45) is 0.421. The molecule has 0 fully saturated rings. The quantitative estimate of drug-likeness (QED) is 0.593. The maximum Gasteiger partial charge on any atom is 0.0690 e. The summed E-state index contributed by atoms with van der Waals surface area (Å²) in [5, 5.41) is 9.17. The highest BCUT2D eigenvalue weighted by Gasteiger charge is 2.15. The van der Waals surface area contributed by atoms with Crippen LogP contribution in [0.3, 0.4) is 0 Å². The van der Waals surface area contributed by atoms with E-state index in [4.69, 9.17) is 5.73 Å². The van der Waals surface area contributed by atoms with Crippen molar-refractivity contribution < 1.29 is 5.11 Å². The Hall–Kier alpha value is -0.0800. The number of rotatable bonds is 3. The first-order chi connectivity index (χ1) is 4.09. The van der Waals surface area contributed by atoms with Crippen molar-refractivity contribution in [2.75, 3.05) is 0 Å². The van der Waals surface area contributed by atoms with E-state index in [0.29, 0.717) is 5.92 Å². The molecule has 0 aromatic heterocycles. The molecule has 0 amide bonds. The van der Waals surface area contributed by atoms with Gasteiger partial charge in [-0.05, 0) is 12.3 Å². The van der Waals surface area contributed by atoms with E-state index >= 15 is 0 Å². The Labute approximate surface area is 57.1 Å². The highest BCUT2D eigenvalue weighted by molar-refractivity contribution is 4.72. The minimum Gasteiger partial charge on any atom is -0.392 e. The van der Waals surface area contributed by atoms with Crippen LogP contribution in [0.2, 0.25) is 0 Å². The highest BCUT2D eigenvalue weighted by atomic mass is 16.3. The maximum atomic E-state index is 9.17. The summed E-state index contributed by atoms with van der Waals surface area (Å²) < 4.78 is 0. The average molecular weight is 131 g/mol. The number of hydrogen-bond acceptors (Lipinski definition) is 2. The van der Waals surface area contributed by atoms with E-state index in [-0.39, 0.29) is 12.1 Å². The summed E-state index contributed by atoms with van der Waals surface area (Å²) in [5.41, 5.74) is 5.62. The molecule has 0 spiro atoms. The van der Waals surface area contributed by atoms with Gasteiger partial charge in [0.1, 0.15) is 0 Å². The van der Waals surface area contributed by atoms with Gasteiger partial charge >= 0.3 is 0 Å². The number of aliphatic hydroxyl groups is 1. The topological polar surface area (TPSA) is 46.2 Å². The average Bonchev–Trinajstić information content (AvgIpc) is 1.84. The highest BCUT2D eigenvalue weighted by Crippen LogP contribution is 2.05. The number of nitrogens with two attached hydrogens (primary N) is 1. The summed E-state index contributed by atoms with van der Waals surface area (Å²) >= 11 is 0. The lowest BCUT2D eigenvalue weighted by Crippen LogP contribution is -2.38. The first-order valence-corrected chi connectivity index (χ1v) is 3.53. The molecule has 0 saturated carbocycles. The Kier molecular flexibility index (Phi) is 3.82. The molecule has 0 aromatic carbocycles. The van der Waals surface area contributed by atoms with Crippen LogP contribution in [0.4, 0.5) is 0 Å². The molecule has 0 aromatic rings. The van der Waals surface area contributed by atoms with Crippen molar-refractivity contribution in [3.63, 3.8) is 0 Å². The summed E-state index contributed by atoms with van der Waals surface area (Å²) in [7, 11) is 0. The molecule has 0 aliphatic heterocycles. The van der Waals surface area contributed by atoms with Crippen molar-refractivity contribution in [1.82, 2.24) is 0 Å². The van der Waals surface area contributed by atoms with Crippen LogP contribution >= 0.6 is 0 Å². The van der Waals surface area contributed by atoms with Crippen molar-refractivity contribution in [3.05, 3.63) is 0 Å². The van der Waals surface area contributed by atoms with Gasteiger partial charge in [0.2, 0.25) is 0 Å². The third-order valence-electron chi connectivity index (χ3n) is 1.63. The molecule has 2 nitrogen and oxygen atoms in total. The van der Waals surface area contributed by atoms with Gasteiger partial charge in [-0.25, -0.2) is 0 Å². The predicted octanol–water partition coefficient (Wildman–Crippen LogP) is 0.741. The third kappa shape index (κ3) is 2.82. The van der Waals surface area contributed by atoms with Crippen LogP contribution in [0.5, 0.6) is 0 Å². The van der Waals surface area contributed by atoms with Crippen molar-refractivity contribution in [2.45, 2.75) is 39.3 Å². The molecule has 0 saturated heterocycles. The van der Waals surface area contributed by atoms with Gasteiger partial charge in [-0.15, -0.1) is 0 Å². The molecule has 2 heteroatoms. The van der Waals surface area contributed by atoms with Crippen LogP contribution in [-0.2, 0) is 0 Å². The molecule has 2 atom stereocenters. The Morgan fingerprint density at radius 2 is 1.89 bits per heavy atom. The molecule has 0 aliphatic carbocycles. The van der Waals surface area contributed by atoms with Crippen LogP contribution in [0.15, 0.2) is 0 Å². The molecule has 0 rings (SSSR count). The monoisotopic (exact) mass is 131 g/mol. The Balaban J connectivity index is 3.58. The van der Waals surface area contributed by atoms with Gasteiger partial charge in [0, 0.05) is 6.04 Å². The smallest absolute Gasteiger partial charge is 0.0690 e. The normalized spacial score (nSPS) is 18.0. The fourth-order valence-electron chi connectivity index (χ4n) is 0.716. The minimum absolute atomic E-state index is 0.0602. The molecule has 0 aliphatic rings. The van der Waals surface area contributed by atoms with Crippen LogP contribution in [0.1, 0.15) is 27.2 Å². The number of hydrogen-bond donors (Lipinski definition) is 2. The van der Waals surface area contributed by atoms with E-state index < -0.39 is 0 Å². The van der Waals surface area contributed by atoms with Crippen molar-refractivity contribution in [3.8, 4) is 0 Å². The molecule has 0 unspecified atom stereocenters. The van der Waals surface area contributed by atoms with Gasteiger partial charge in [-0.2, -0.15) is 0 Å². The zero-order valence-electron chi connectivity index (χ0n) is 6.46. The van der Waals surface area contributed by atoms with E-state index in [1.54, 1.807) is 0 Å². The second-order valence-electron chi connectivity index (χ2n) is 2.80. The molecule has 0 heterocycles. The van der Waals surface area contributed by atoms with E-state index in [9.17, 15) is 5.11 Å². The maximum absolute atomic E-state index is 9.17. The molecule has 0 bridgehead atoms. The lowest BCUT2D eigenvalue weighted by Gasteiger charge is -2.20. The molecule has 9 heavy (non-hydrogen) atoms. The van der Waals surface area contributed by atoms with Gasteiger partial charge in [-0.1, -0.05) is 20.8 Å². The van der Waals surface area contributed by atoms with Gasteiger partial charge < -0.3 is 10.8 Å². The van der Waals surface area contributed by atoms with Crippen molar-refractivity contribution in [1.29, 1.82) is 0 Å². The summed E-state index contributed by atoms with van der Waals surface area (Å²) in [6.45, 7) is 5.97. The second-order valence-corrected chi connectivity index (χ2v) is 2.80. The van der Waals surface area contributed by atoms with Crippen molar-refractivity contribution in [2.24, 2.45) is 11.7 Å². The predicted molar refractivity (Wildman–Crippen MR) is 39.1 cm³/mol. The zero-order valence-corrected chi connectivity index (χ0v) is 6.46. The SMILES string of the molecule is CC[C@@H](O)[C@H](N)C(C)C. The summed E-state index contributed by atoms with van der Waals surface area (Å²) in [6, 6.07) is -0.0602. The van der Waals surface area contributed by atoms with Crippen molar-refractivity contribution >= 4 is 0 Å². The van der Waals surface area contributed by atoms with E-state index in [1.807, 2.05) is 20.8 Å². The van der Waals surface area contributed by atoms with E-state index in [2.05, 4.69) is 0 Å². The molecule has 0 radical (unpaired) electrons. The lowest BCUT2D eigenvalue weighted by atomic mass is 9.98. The van der Waals surface area contributed by atoms with Gasteiger partial charge in [-0.3, -0.25) is 0 Å². The van der Waals surface area contributed by atoms with Crippen LogP contribution in [-0.4, -0.2) is 17.3 Å². The van der Waals surface area contributed by atoms with Gasteiger partial charge in [0.25, 0.3) is 0 Å². The standard InChI is InChI=1S/C7H17NO/c1-4-6(9)7(8)5(2)3/h5-7,9H,4,8H2,1-3H3/t6-,7-/m1/s1. The largest absolute Gasteiger partial charge is 0.392 e. The summed E-state index contributed by atoms with van der Waals surface area (Å²) in [4.78, 5) is 0. The van der Waals surface area contributed by atoms with Crippen LogP contribution < -0.4 is 5.73 Å². The first-order valence-electron chi connectivity index (χ1n) is 3.53. The molecule has 3 N–H and O–H groups in total. The van der Waals surface area contributed by atoms with Gasteiger partial charge in [0.15, 0.2) is 0 Å². The molecular formula is C7H17NO. The fraction of sp³-hybridized carbons (Fsp3) is 1.00. The Morgan fingerprint density at radius 1 is 1.44 bits per heavy atom.